The zero-order valence-electron chi connectivity index (χ0n) is 12.5. The van der Waals surface area contributed by atoms with Crippen LogP contribution in [-0.4, -0.2) is 14.7 Å². The number of aliphatic hydroxyl groups excluding tert-OH is 1. The van der Waals surface area contributed by atoms with Crippen LogP contribution in [0.2, 0.25) is 0 Å². The van der Waals surface area contributed by atoms with Crippen molar-refractivity contribution in [3.63, 3.8) is 0 Å². The maximum atomic E-state index is 13.0. The van der Waals surface area contributed by atoms with E-state index in [-0.39, 0.29) is 12.4 Å². The first-order valence-corrected chi connectivity index (χ1v) is 8.31. The minimum atomic E-state index is -0.230. The zero-order valence-corrected chi connectivity index (χ0v) is 13.3. The summed E-state index contributed by atoms with van der Waals surface area (Å²) in [6, 6.07) is 16.6. The Morgan fingerprint density at radius 3 is 2.43 bits per heavy atom. The van der Waals surface area contributed by atoms with Gasteiger partial charge in [-0.25, -0.2) is 9.37 Å². The lowest BCUT2D eigenvalue weighted by Gasteiger charge is -2.11. The normalized spacial score (nSPS) is 10.9. The Morgan fingerprint density at radius 2 is 1.74 bits per heavy atom. The first kappa shape index (κ1) is 15.8. The van der Waals surface area contributed by atoms with Crippen LogP contribution in [0, 0.1) is 5.82 Å². The summed E-state index contributed by atoms with van der Waals surface area (Å²) >= 11 is 1.58. The molecule has 118 valence electrons. The monoisotopic (exact) mass is 328 g/mol. The number of nitrogens with zero attached hydrogens (tertiary/aromatic N) is 2. The van der Waals surface area contributed by atoms with Crippen molar-refractivity contribution in [3.05, 3.63) is 83.4 Å². The quantitative estimate of drug-likeness (QED) is 0.698. The number of aliphatic hydroxyl groups is 1. The van der Waals surface area contributed by atoms with Crippen LogP contribution in [-0.2, 0) is 18.9 Å². The number of halogens is 1. The molecule has 1 N–H and O–H groups in total. The van der Waals surface area contributed by atoms with Crippen molar-refractivity contribution < 1.29 is 9.50 Å². The van der Waals surface area contributed by atoms with Crippen molar-refractivity contribution in [2.45, 2.75) is 24.1 Å². The van der Waals surface area contributed by atoms with Crippen molar-refractivity contribution in [2.24, 2.45) is 0 Å². The molecule has 0 spiro atoms. The summed E-state index contributed by atoms with van der Waals surface area (Å²) in [6.45, 7) is 0.624. The number of aromatic nitrogens is 2. The fourth-order valence-electron chi connectivity index (χ4n) is 2.30. The van der Waals surface area contributed by atoms with Crippen molar-refractivity contribution in [3.8, 4) is 0 Å². The van der Waals surface area contributed by atoms with Crippen LogP contribution in [0.15, 0.2) is 66.0 Å². The number of hydrogen-bond donors (Lipinski definition) is 1. The highest BCUT2D eigenvalue weighted by molar-refractivity contribution is 7.98. The van der Waals surface area contributed by atoms with Gasteiger partial charge in [-0.3, -0.25) is 0 Å². The largest absolute Gasteiger partial charge is 0.390 e. The molecule has 0 saturated carbocycles. The van der Waals surface area contributed by atoms with Gasteiger partial charge in [-0.1, -0.05) is 54.2 Å². The van der Waals surface area contributed by atoms with Gasteiger partial charge in [0.25, 0.3) is 0 Å². The zero-order chi connectivity index (χ0) is 16.1. The maximum Gasteiger partial charge on any atom is 0.168 e. The van der Waals surface area contributed by atoms with Crippen molar-refractivity contribution >= 4 is 11.8 Å². The third kappa shape index (κ3) is 4.00. The number of thioether (sulfide) groups is 1. The summed E-state index contributed by atoms with van der Waals surface area (Å²) in [5.41, 5.74) is 2.98. The second-order valence-corrected chi connectivity index (χ2v) is 6.12. The molecule has 0 atom stereocenters. The molecule has 0 radical (unpaired) electrons. The average molecular weight is 328 g/mol. The van der Waals surface area contributed by atoms with Gasteiger partial charge in [0.15, 0.2) is 5.16 Å². The van der Waals surface area contributed by atoms with Crippen molar-refractivity contribution in [2.75, 3.05) is 0 Å². The molecule has 0 aliphatic rings. The second kappa shape index (κ2) is 7.44. The summed E-state index contributed by atoms with van der Waals surface area (Å²) in [5.74, 6) is 0.476. The number of imidazole rings is 1. The standard InChI is InChI=1S/C18H17FN2OS/c19-16-8-6-15(7-9-16)13-23-18-20-10-17(12-22)21(18)11-14-4-2-1-3-5-14/h1-10,22H,11-13H2. The van der Waals surface area contributed by atoms with Gasteiger partial charge < -0.3 is 9.67 Å². The molecule has 0 aliphatic heterocycles. The van der Waals surface area contributed by atoms with Crippen LogP contribution in [0.1, 0.15) is 16.8 Å². The van der Waals surface area contributed by atoms with Crippen LogP contribution < -0.4 is 0 Å². The maximum absolute atomic E-state index is 13.0. The van der Waals surface area contributed by atoms with Gasteiger partial charge >= 0.3 is 0 Å². The Labute approximate surface area is 138 Å². The molecule has 0 saturated heterocycles. The van der Waals surface area contributed by atoms with E-state index in [4.69, 9.17) is 0 Å². The molecule has 3 nitrogen and oxygen atoms in total. The molecule has 23 heavy (non-hydrogen) atoms. The van der Waals surface area contributed by atoms with E-state index in [1.807, 2.05) is 22.8 Å². The van der Waals surface area contributed by atoms with Gasteiger partial charge in [0.2, 0.25) is 0 Å². The lowest BCUT2D eigenvalue weighted by molar-refractivity contribution is 0.270. The number of rotatable bonds is 6. The van der Waals surface area contributed by atoms with E-state index in [0.717, 1.165) is 22.0 Å². The Kier molecular flexibility index (Phi) is 5.10. The summed E-state index contributed by atoms with van der Waals surface area (Å²) in [5, 5.41) is 10.4. The Morgan fingerprint density at radius 1 is 1.00 bits per heavy atom. The summed E-state index contributed by atoms with van der Waals surface area (Å²) in [6.07, 6.45) is 1.70. The molecule has 3 aromatic rings. The van der Waals surface area contributed by atoms with Crippen molar-refractivity contribution in [1.29, 1.82) is 0 Å². The fourth-order valence-corrected chi connectivity index (χ4v) is 3.25. The molecule has 3 rings (SSSR count). The minimum absolute atomic E-state index is 0.0447. The van der Waals surface area contributed by atoms with E-state index in [1.165, 1.54) is 12.1 Å². The van der Waals surface area contributed by atoms with E-state index >= 15 is 0 Å². The van der Waals surface area contributed by atoms with Crippen LogP contribution in [0.3, 0.4) is 0 Å². The molecule has 0 unspecified atom stereocenters. The van der Waals surface area contributed by atoms with E-state index in [2.05, 4.69) is 17.1 Å². The third-order valence-electron chi connectivity index (χ3n) is 3.53. The topological polar surface area (TPSA) is 38.1 Å². The van der Waals surface area contributed by atoms with E-state index in [9.17, 15) is 9.50 Å². The molecule has 0 amide bonds. The SMILES string of the molecule is OCc1cnc(SCc2ccc(F)cc2)n1Cc1ccccc1. The highest BCUT2D eigenvalue weighted by Crippen LogP contribution is 2.24. The second-order valence-electron chi connectivity index (χ2n) is 5.18. The first-order chi connectivity index (χ1) is 11.3. The van der Waals surface area contributed by atoms with E-state index in [0.29, 0.717) is 12.3 Å². The number of benzene rings is 2. The van der Waals surface area contributed by atoms with Gasteiger partial charge in [0.1, 0.15) is 5.82 Å². The molecular weight excluding hydrogens is 311 g/mol. The predicted molar refractivity (Wildman–Crippen MR) is 89.7 cm³/mol. The third-order valence-corrected chi connectivity index (χ3v) is 4.59. The fraction of sp³-hybridized carbons (Fsp3) is 0.167. The highest BCUT2D eigenvalue weighted by atomic mass is 32.2. The van der Waals surface area contributed by atoms with Gasteiger partial charge in [-0.15, -0.1) is 0 Å². The Balaban J connectivity index is 1.76. The summed E-state index contributed by atoms with van der Waals surface area (Å²) < 4.78 is 15.0. The predicted octanol–water partition coefficient (Wildman–Crippen LogP) is 3.86. The molecule has 0 fully saturated rings. The van der Waals surface area contributed by atoms with E-state index in [1.54, 1.807) is 30.1 Å². The lowest BCUT2D eigenvalue weighted by atomic mass is 10.2. The number of hydrogen-bond acceptors (Lipinski definition) is 3. The van der Waals surface area contributed by atoms with Gasteiger partial charge in [0, 0.05) is 12.3 Å². The summed E-state index contributed by atoms with van der Waals surface area (Å²) in [4.78, 5) is 4.41. The molecule has 0 bridgehead atoms. The van der Waals surface area contributed by atoms with E-state index < -0.39 is 0 Å². The molecule has 5 heteroatoms. The first-order valence-electron chi connectivity index (χ1n) is 7.32. The van der Waals surface area contributed by atoms with Gasteiger partial charge in [-0.2, -0.15) is 0 Å². The van der Waals surface area contributed by atoms with Crippen LogP contribution in [0.5, 0.6) is 0 Å². The highest BCUT2D eigenvalue weighted by Gasteiger charge is 2.10. The van der Waals surface area contributed by atoms with Gasteiger partial charge in [-0.05, 0) is 23.3 Å². The van der Waals surface area contributed by atoms with Crippen LogP contribution >= 0.6 is 11.8 Å². The van der Waals surface area contributed by atoms with Crippen molar-refractivity contribution in [1.82, 2.24) is 9.55 Å². The molecule has 0 aliphatic carbocycles. The smallest absolute Gasteiger partial charge is 0.168 e. The minimum Gasteiger partial charge on any atom is -0.390 e. The summed E-state index contributed by atoms with van der Waals surface area (Å²) in [7, 11) is 0. The Hall–Kier alpha value is -2.11. The molecule has 2 aromatic carbocycles. The van der Waals surface area contributed by atoms with Crippen LogP contribution in [0.25, 0.3) is 0 Å². The molecule has 1 aromatic heterocycles. The van der Waals surface area contributed by atoms with Gasteiger partial charge in [0.05, 0.1) is 18.5 Å². The van der Waals surface area contributed by atoms with Crippen LogP contribution in [0.4, 0.5) is 4.39 Å². The Bertz CT molecular complexity index is 756. The lowest BCUT2D eigenvalue weighted by Crippen LogP contribution is -2.06. The molecule has 1 heterocycles. The molecular formula is C18H17FN2OS. The average Bonchev–Trinajstić information content (AvgIpc) is 2.97.